The number of carbonyl (C=O) groups excluding carboxylic acids is 1. The summed E-state index contributed by atoms with van der Waals surface area (Å²) in [6, 6.07) is 0.210. The number of thioether (sulfide) groups is 1. The average molecular weight is 295 g/mol. The summed E-state index contributed by atoms with van der Waals surface area (Å²) in [5.41, 5.74) is 5.93. The van der Waals surface area contributed by atoms with E-state index in [0.29, 0.717) is 18.2 Å². The van der Waals surface area contributed by atoms with Crippen molar-refractivity contribution in [2.75, 3.05) is 25.1 Å². The van der Waals surface area contributed by atoms with Crippen molar-refractivity contribution in [3.63, 3.8) is 0 Å². The summed E-state index contributed by atoms with van der Waals surface area (Å²) >= 11 is 1.85. The fourth-order valence-electron chi connectivity index (χ4n) is 2.35. The molecule has 1 heterocycles. The quantitative estimate of drug-likeness (QED) is 0.766. The number of halogens is 1. The van der Waals surface area contributed by atoms with Crippen LogP contribution in [0.3, 0.4) is 0 Å². The van der Waals surface area contributed by atoms with E-state index in [2.05, 4.69) is 13.2 Å². The first-order valence-corrected chi connectivity index (χ1v) is 8.07. The molecule has 0 spiro atoms. The molecule has 5 heteroatoms. The van der Waals surface area contributed by atoms with Gasteiger partial charge >= 0.3 is 0 Å². The average Bonchev–Trinajstić information content (AvgIpc) is 2.34. The van der Waals surface area contributed by atoms with Crippen molar-refractivity contribution in [1.82, 2.24) is 4.90 Å². The fourth-order valence-corrected chi connectivity index (χ4v) is 2.84. The number of carbonyl (C=O) groups is 1. The molecule has 2 atom stereocenters. The summed E-state index contributed by atoms with van der Waals surface area (Å²) in [6.07, 6.45) is 7.29. The van der Waals surface area contributed by atoms with E-state index in [1.54, 1.807) is 0 Å². The van der Waals surface area contributed by atoms with Crippen molar-refractivity contribution < 1.29 is 4.79 Å². The normalized spacial score (nSPS) is 21.3. The Labute approximate surface area is 122 Å². The van der Waals surface area contributed by atoms with Crippen molar-refractivity contribution in [2.24, 2.45) is 11.7 Å². The van der Waals surface area contributed by atoms with E-state index in [1.807, 2.05) is 16.7 Å². The fraction of sp³-hybridized carbons (Fsp3) is 0.923. The highest BCUT2D eigenvalue weighted by atomic mass is 35.5. The Balaban J connectivity index is 0.00000289. The van der Waals surface area contributed by atoms with Gasteiger partial charge in [0.25, 0.3) is 0 Å². The molecule has 0 saturated carbocycles. The third-order valence-corrected chi connectivity index (χ3v) is 4.24. The lowest BCUT2D eigenvalue weighted by molar-refractivity contribution is -0.133. The SMILES string of the molecule is CSCCCCC(=O)N1CCCC(C(C)N)C1.Cl. The number of nitrogens with zero attached hydrogens (tertiary/aromatic N) is 1. The first-order chi connectivity index (χ1) is 8.15. The molecule has 1 amide bonds. The molecule has 1 rings (SSSR count). The zero-order valence-corrected chi connectivity index (χ0v) is 13.2. The number of likely N-dealkylation sites (tertiary alicyclic amines) is 1. The maximum Gasteiger partial charge on any atom is 0.222 e. The van der Waals surface area contributed by atoms with Crippen LogP contribution in [0.2, 0.25) is 0 Å². The van der Waals surface area contributed by atoms with Gasteiger partial charge in [0.15, 0.2) is 0 Å². The highest BCUT2D eigenvalue weighted by Crippen LogP contribution is 2.19. The van der Waals surface area contributed by atoms with Gasteiger partial charge in [0.1, 0.15) is 0 Å². The zero-order chi connectivity index (χ0) is 12.7. The van der Waals surface area contributed by atoms with Crippen LogP contribution < -0.4 is 5.73 Å². The van der Waals surface area contributed by atoms with Crippen molar-refractivity contribution in [1.29, 1.82) is 0 Å². The Morgan fingerprint density at radius 1 is 1.50 bits per heavy atom. The van der Waals surface area contributed by atoms with Crippen LogP contribution in [0.4, 0.5) is 0 Å². The van der Waals surface area contributed by atoms with E-state index in [0.717, 1.165) is 38.1 Å². The minimum absolute atomic E-state index is 0. The van der Waals surface area contributed by atoms with E-state index >= 15 is 0 Å². The number of unbranched alkanes of at least 4 members (excludes halogenated alkanes) is 1. The molecule has 1 fully saturated rings. The van der Waals surface area contributed by atoms with Crippen LogP contribution in [0.25, 0.3) is 0 Å². The smallest absolute Gasteiger partial charge is 0.222 e. The predicted octanol–water partition coefficient (Wildman–Crippen LogP) is 2.53. The molecule has 0 aromatic rings. The summed E-state index contributed by atoms with van der Waals surface area (Å²) in [6.45, 7) is 3.86. The summed E-state index contributed by atoms with van der Waals surface area (Å²) in [5.74, 6) is 1.99. The van der Waals surface area contributed by atoms with Crippen LogP contribution in [0.1, 0.15) is 39.0 Å². The lowest BCUT2D eigenvalue weighted by Crippen LogP contribution is -2.44. The minimum Gasteiger partial charge on any atom is -0.342 e. The van der Waals surface area contributed by atoms with Crippen LogP contribution >= 0.6 is 24.2 Å². The largest absolute Gasteiger partial charge is 0.342 e. The van der Waals surface area contributed by atoms with Crippen LogP contribution in [0.15, 0.2) is 0 Å². The van der Waals surface area contributed by atoms with E-state index in [-0.39, 0.29) is 18.4 Å². The van der Waals surface area contributed by atoms with E-state index in [1.165, 1.54) is 6.42 Å². The monoisotopic (exact) mass is 294 g/mol. The van der Waals surface area contributed by atoms with E-state index in [9.17, 15) is 4.79 Å². The lowest BCUT2D eigenvalue weighted by atomic mass is 9.92. The van der Waals surface area contributed by atoms with Gasteiger partial charge in [-0.3, -0.25) is 4.79 Å². The standard InChI is InChI=1S/C13H26N2OS.ClH/c1-11(14)12-6-5-8-15(10-12)13(16)7-3-4-9-17-2;/h11-12H,3-10,14H2,1-2H3;1H. The molecule has 108 valence electrons. The molecule has 3 nitrogen and oxygen atoms in total. The maximum absolute atomic E-state index is 12.0. The van der Waals surface area contributed by atoms with Gasteiger partial charge in [-0.15, -0.1) is 12.4 Å². The van der Waals surface area contributed by atoms with Crippen molar-refractivity contribution in [2.45, 2.75) is 45.1 Å². The van der Waals surface area contributed by atoms with Gasteiger partial charge in [-0.25, -0.2) is 0 Å². The predicted molar refractivity (Wildman–Crippen MR) is 82.4 cm³/mol. The topological polar surface area (TPSA) is 46.3 Å². The summed E-state index contributed by atoms with van der Waals surface area (Å²) < 4.78 is 0. The van der Waals surface area contributed by atoms with Crippen LogP contribution in [-0.2, 0) is 4.79 Å². The Kier molecular flexibility index (Phi) is 9.97. The third kappa shape index (κ3) is 6.30. The summed E-state index contributed by atoms with van der Waals surface area (Å²) in [5, 5.41) is 0. The minimum atomic E-state index is 0. The third-order valence-electron chi connectivity index (χ3n) is 3.54. The second-order valence-electron chi connectivity index (χ2n) is 5.05. The second kappa shape index (κ2) is 9.93. The lowest BCUT2D eigenvalue weighted by Gasteiger charge is -2.34. The Morgan fingerprint density at radius 2 is 2.22 bits per heavy atom. The maximum atomic E-state index is 12.0. The van der Waals surface area contributed by atoms with E-state index < -0.39 is 0 Å². The van der Waals surface area contributed by atoms with Crippen molar-refractivity contribution in [3.8, 4) is 0 Å². The van der Waals surface area contributed by atoms with Crippen LogP contribution in [0.5, 0.6) is 0 Å². The molecular formula is C13H27ClN2OS. The number of rotatable bonds is 6. The molecule has 0 bridgehead atoms. The van der Waals surface area contributed by atoms with Crippen LogP contribution in [0, 0.1) is 5.92 Å². The Morgan fingerprint density at radius 3 is 2.83 bits per heavy atom. The molecule has 1 aliphatic heterocycles. The molecule has 1 saturated heterocycles. The Bertz CT molecular complexity index is 239. The molecule has 0 aliphatic carbocycles. The van der Waals surface area contributed by atoms with E-state index in [4.69, 9.17) is 5.73 Å². The van der Waals surface area contributed by atoms with Gasteiger partial charge in [0.05, 0.1) is 0 Å². The van der Waals surface area contributed by atoms with Crippen molar-refractivity contribution in [3.05, 3.63) is 0 Å². The molecular weight excluding hydrogens is 268 g/mol. The second-order valence-corrected chi connectivity index (χ2v) is 6.04. The zero-order valence-electron chi connectivity index (χ0n) is 11.6. The number of hydrogen-bond donors (Lipinski definition) is 1. The highest BCUT2D eigenvalue weighted by molar-refractivity contribution is 7.98. The molecule has 2 unspecified atom stereocenters. The number of piperidine rings is 1. The van der Waals surface area contributed by atoms with Gasteiger partial charge in [0.2, 0.25) is 5.91 Å². The van der Waals surface area contributed by atoms with Gasteiger partial charge in [-0.2, -0.15) is 11.8 Å². The summed E-state index contributed by atoms with van der Waals surface area (Å²) in [4.78, 5) is 14.0. The molecule has 1 aliphatic rings. The molecule has 2 N–H and O–H groups in total. The van der Waals surface area contributed by atoms with Gasteiger partial charge in [-0.1, -0.05) is 0 Å². The van der Waals surface area contributed by atoms with Gasteiger partial charge < -0.3 is 10.6 Å². The highest BCUT2D eigenvalue weighted by Gasteiger charge is 2.25. The first-order valence-electron chi connectivity index (χ1n) is 6.67. The van der Waals surface area contributed by atoms with Crippen molar-refractivity contribution >= 4 is 30.1 Å². The van der Waals surface area contributed by atoms with Gasteiger partial charge in [-0.05, 0) is 50.5 Å². The first kappa shape index (κ1) is 18.1. The molecule has 0 aromatic carbocycles. The Hall–Kier alpha value is 0.0700. The van der Waals surface area contributed by atoms with Crippen LogP contribution in [-0.4, -0.2) is 41.9 Å². The van der Waals surface area contributed by atoms with Gasteiger partial charge in [0, 0.05) is 25.6 Å². The number of hydrogen-bond acceptors (Lipinski definition) is 3. The molecule has 0 radical (unpaired) electrons. The number of amides is 1. The number of nitrogens with two attached hydrogens (primary N) is 1. The summed E-state index contributed by atoms with van der Waals surface area (Å²) in [7, 11) is 0. The molecule has 0 aromatic heterocycles. The molecule has 18 heavy (non-hydrogen) atoms.